The van der Waals surface area contributed by atoms with E-state index in [1.54, 1.807) is 4.90 Å². The van der Waals surface area contributed by atoms with Crippen LogP contribution in [0, 0.1) is 5.92 Å². The number of ether oxygens (including phenoxy) is 3. The summed E-state index contributed by atoms with van der Waals surface area (Å²) in [5.74, 6) is -0.231. The van der Waals surface area contributed by atoms with Crippen molar-refractivity contribution in [3.8, 4) is 11.5 Å². The zero-order valence-corrected chi connectivity index (χ0v) is 12.7. The lowest BCUT2D eigenvalue weighted by atomic mass is 10.1. The third-order valence-electron chi connectivity index (χ3n) is 4.03. The molecular weight excluding hydrogens is 302 g/mol. The number of aliphatic carboxylic acids is 1. The molecule has 7 nitrogen and oxygen atoms in total. The number of rotatable bonds is 4. The van der Waals surface area contributed by atoms with Gasteiger partial charge in [-0.2, -0.15) is 0 Å². The predicted molar refractivity (Wildman–Crippen MR) is 79.4 cm³/mol. The van der Waals surface area contributed by atoms with Crippen LogP contribution in [0.1, 0.15) is 12.0 Å². The Morgan fingerprint density at radius 3 is 2.91 bits per heavy atom. The predicted octanol–water partition coefficient (Wildman–Crippen LogP) is 0.907. The van der Waals surface area contributed by atoms with Gasteiger partial charge in [-0.1, -0.05) is 6.07 Å². The summed E-state index contributed by atoms with van der Waals surface area (Å²) in [5, 5.41) is 9.12. The molecule has 0 aromatic heterocycles. The number of nitrogens with zero attached hydrogens (tertiary/aromatic N) is 1. The van der Waals surface area contributed by atoms with E-state index < -0.39 is 11.9 Å². The van der Waals surface area contributed by atoms with Crippen LogP contribution in [0.2, 0.25) is 0 Å². The maximum atomic E-state index is 12.3. The summed E-state index contributed by atoms with van der Waals surface area (Å²) < 4.78 is 15.8. The van der Waals surface area contributed by atoms with Crippen molar-refractivity contribution in [1.29, 1.82) is 0 Å². The molecule has 1 unspecified atom stereocenters. The lowest BCUT2D eigenvalue weighted by Gasteiger charge is -2.21. The highest BCUT2D eigenvalue weighted by Gasteiger charge is 2.27. The second kappa shape index (κ2) is 6.87. The number of hydrogen-bond acceptors (Lipinski definition) is 5. The number of aryl methyl sites for hydroxylation is 1. The molecule has 1 N–H and O–H groups in total. The molecule has 3 rings (SSSR count). The van der Waals surface area contributed by atoms with E-state index in [1.807, 2.05) is 18.2 Å². The lowest BCUT2D eigenvalue weighted by Crippen LogP contribution is -2.38. The summed E-state index contributed by atoms with van der Waals surface area (Å²) in [6.45, 7) is 1.39. The van der Waals surface area contributed by atoms with E-state index in [-0.39, 0.29) is 25.9 Å². The Hall–Kier alpha value is -2.28. The van der Waals surface area contributed by atoms with E-state index in [9.17, 15) is 9.59 Å². The first-order valence-electron chi connectivity index (χ1n) is 7.60. The van der Waals surface area contributed by atoms with Crippen LogP contribution < -0.4 is 9.47 Å². The SMILES string of the molecule is O=C(O)C1COCCN(C(=O)CCc2ccc3c(c2)OCO3)C1. The van der Waals surface area contributed by atoms with Gasteiger partial charge < -0.3 is 24.2 Å². The zero-order chi connectivity index (χ0) is 16.2. The van der Waals surface area contributed by atoms with Crippen LogP contribution in [-0.4, -0.2) is 55.0 Å². The molecule has 7 heteroatoms. The van der Waals surface area contributed by atoms with Crippen molar-refractivity contribution < 1.29 is 28.9 Å². The van der Waals surface area contributed by atoms with Gasteiger partial charge in [0.1, 0.15) is 0 Å². The monoisotopic (exact) mass is 321 g/mol. The Bertz CT molecular complexity index is 602. The van der Waals surface area contributed by atoms with E-state index in [4.69, 9.17) is 19.3 Å². The molecule has 1 fully saturated rings. The Morgan fingerprint density at radius 1 is 1.26 bits per heavy atom. The van der Waals surface area contributed by atoms with E-state index in [2.05, 4.69) is 0 Å². The number of carboxylic acids is 1. The normalized spacial score (nSPS) is 20.2. The van der Waals surface area contributed by atoms with Crippen LogP contribution in [0.3, 0.4) is 0 Å². The van der Waals surface area contributed by atoms with E-state index in [0.29, 0.717) is 37.5 Å². The molecule has 0 spiro atoms. The van der Waals surface area contributed by atoms with Gasteiger partial charge in [0, 0.05) is 19.5 Å². The minimum absolute atomic E-state index is 0.0561. The molecular formula is C16H19NO6. The average molecular weight is 321 g/mol. The Morgan fingerprint density at radius 2 is 2.09 bits per heavy atom. The van der Waals surface area contributed by atoms with Crippen molar-refractivity contribution in [2.24, 2.45) is 5.92 Å². The van der Waals surface area contributed by atoms with Gasteiger partial charge in [0.05, 0.1) is 19.1 Å². The summed E-state index contributed by atoms with van der Waals surface area (Å²) >= 11 is 0. The quantitative estimate of drug-likeness (QED) is 0.887. The van der Waals surface area contributed by atoms with Crippen molar-refractivity contribution in [2.45, 2.75) is 12.8 Å². The highest BCUT2D eigenvalue weighted by molar-refractivity contribution is 5.78. The minimum Gasteiger partial charge on any atom is -0.481 e. The molecule has 1 aromatic rings. The van der Waals surface area contributed by atoms with E-state index in [0.717, 1.165) is 5.56 Å². The van der Waals surface area contributed by atoms with Crippen LogP contribution in [-0.2, 0) is 20.7 Å². The first-order valence-corrected chi connectivity index (χ1v) is 7.60. The van der Waals surface area contributed by atoms with E-state index in [1.165, 1.54) is 0 Å². The van der Waals surface area contributed by atoms with Gasteiger partial charge in [0.25, 0.3) is 0 Å². The van der Waals surface area contributed by atoms with Crippen molar-refractivity contribution in [3.63, 3.8) is 0 Å². The third kappa shape index (κ3) is 3.73. The first kappa shape index (κ1) is 15.6. The Labute approximate surface area is 133 Å². The molecule has 2 aliphatic heterocycles. The van der Waals surface area contributed by atoms with Crippen LogP contribution in [0.15, 0.2) is 18.2 Å². The maximum Gasteiger partial charge on any atom is 0.310 e. The molecule has 0 radical (unpaired) electrons. The number of carbonyl (C=O) groups excluding carboxylic acids is 1. The fourth-order valence-electron chi connectivity index (χ4n) is 2.69. The van der Waals surface area contributed by atoms with Crippen LogP contribution in [0.25, 0.3) is 0 Å². The Kier molecular flexibility index (Phi) is 4.66. The van der Waals surface area contributed by atoms with Gasteiger partial charge in [-0.3, -0.25) is 9.59 Å². The molecule has 0 bridgehead atoms. The fraction of sp³-hybridized carbons (Fsp3) is 0.500. The lowest BCUT2D eigenvalue weighted by molar-refractivity contribution is -0.144. The number of fused-ring (bicyclic) bond motifs is 1. The third-order valence-corrected chi connectivity index (χ3v) is 4.03. The van der Waals surface area contributed by atoms with Gasteiger partial charge in [-0.05, 0) is 24.1 Å². The summed E-state index contributed by atoms with van der Waals surface area (Å²) in [4.78, 5) is 25.0. The number of carboxylic acid groups (broad SMARTS) is 1. The molecule has 1 atom stereocenters. The average Bonchev–Trinajstić information content (AvgIpc) is 2.86. The molecule has 2 aliphatic rings. The number of benzene rings is 1. The zero-order valence-electron chi connectivity index (χ0n) is 12.7. The van der Waals surface area contributed by atoms with Crippen LogP contribution >= 0.6 is 0 Å². The molecule has 1 saturated heterocycles. The maximum absolute atomic E-state index is 12.3. The van der Waals surface area contributed by atoms with Gasteiger partial charge in [-0.15, -0.1) is 0 Å². The topological polar surface area (TPSA) is 85.3 Å². The van der Waals surface area contributed by atoms with E-state index >= 15 is 0 Å². The summed E-state index contributed by atoms with van der Waals surface area (Å²) in [6.07, 6.45) is 0.899. The summed E-state index contributed by atoms with van der Waals surface area (Å²) in [6, 6.07) is 5.62. The summed E-state index contributed by atoms with van der Waals surface area (Å²) in [7, 11) is 0. The molecule has 2 heterocycles. The van der Waals surface area contributed by atoms with Gasteiger partial charge in [0.2, 0.25) is 12.7 Å². The number of carbonyl (C=O) groups is 2. The molecule has 1 aromatic carbocycles. The summed E-state index contributed by atoms with van der Waals surface area (Å²) in [5.41, 5.74) is 0.989. The van der Waals surface area contributed by atoms with Gasteiger partial charge >= 0.3 is 5.97 Å². The van der Waals surface area contributed by atoms with Gasteiger partial charge in [-0.25, -0.2) is 0 Å². The Balaban J connectivity index is 1.57. The molecule has 1 amide bonds. The van der Waals surface area contributed by atoms with Crippen molar-refractivity contribution in [2.75, 3.05) is 33.1 Å². The standard InChI is InChI=1S/C16H19NO6/c18-15(17-5-6-21-9-12(8-17)16(19)20)4-2-11-1-3-13-14(7-11)23-10-22-13/h1,3,7,12H,2,4-6,8-10H2,(H,19,20). The molecule has 0 saturated carbocycles. The van der Waals surface area contributed by atoms with Crippen molar-refractivity contribution >= 4 is 11.9 Å². The van der Waals surface area contributed by atoms with Crippen molar-refractivity contribution in [3.05, 3.63) is 23.8 Å². The highest BCUT2D eigenvalue weighted by atomic mass is 16.7. The van der Waals surface area contributed by atoms with Gasteiger partial charge in [0.15, 0.2) is 11.5 Å². The number of amides is 1. The molecule has 23 heavy (non-hydrogen) atoms. The minimum atomic E-state index is -0.930. The highest BCUT2D eigenvalue weighted by Crippen LogP contribution is 2.32. The second-order valence-corrected chi connectivity index (χ2v) is 5.64. The fourth-order valence-corrected chi connectivity index (χ4v) is 2.69. The van der Waals surface area contributed by atoms with Crippen LogP contribution in [0.4, 0.5) is 0 Å². The smallest absolute Gasteiger partial charge is 0.310 e. The van der Waals surface area contributed by atoms with Crippen LogP contribution in [0.5, 0.6) is 11.5 Å². The largest absolute Gasteiger partial charge is 0.481 e. The first-order chi connectivity index (χ1) is 11.1. The number of hydrogen-bond donors (Lipinski definition) is 1. The second-order valence-electron chi connectivity index (χ2n) is 5.64. The van der Waals surface area contributed by atoms with Crippen molar-refractivity contribution in [1.82, 2.24) is 4.90 Å². The molecule has 124 valence electrons. The molecule has 0 aliphatic carbocycles.